The molecule has 0 heterocycles. The van der Waals surface area contributed by atoms with E-state index in [0.717, 1.165) is 16.3 Å². The molecule has 0 unspecified atom stereocenters. The number of fused-ring (bicyclic) bond motifs is 1. The van der Waals surface area contributed by atoms with E-state index < -0.39 is 10.8 Å². The maximum absolute atomic E-state index is 13.6. The zero-order valence-corrected chi connectivity index (χ0v) is 17.9. The van der Waals surface area contributed by atoms with Crippen molar-refractivity contribution in [3.63, 3.8) is 0 Å². The summed E-state index contributed by atoms with van der Waals surface area (Å²) in [5, 5.41) is 1.82. The molecule has 0 spiro atoms. The molecule has 0 aliphatic heterocycles. The topological polar surface area (TPSA) is 37.4 Å². The fourth-order valence-electron chi connectivity index (χ4n) is 3.61. The number of carbonyl (C=O) groups excluding carboxylic acids is 1. The van der Waals surface area contributed by atoms with Crippen LogP contribution in [0.15, 0.2) is 70.5 Å². The van der Waals surface area contributed by atoms with Crippen molar-refractivity contribution < 1.29 is 9.00 Å². The number of hydrogen-bond donors (Lipinski definition) is 0. The summed E-state index contributed by atoms with van der Waals surface area (Å²) in [6, 6.07) is 19.3. The van der Waals surface area contributed by atoms with Gasteiger partial charge in [0.1, 0.15) is 0 Å². The third-order valence-corrected chi connectivity index (χ3v) is 6.33. The normalized spacial score (nSPS) is 12.5. The van der Waals surface area contributed by atoms with Crippen molar-refractivity contribution >= 4 is 27.5 Å². The summed E-state index contributed by atoms with van der Waals surface area (Å²) in [5.41, 5.74) is 1.65. The molecule has 0 radical (unpaired) electrons. The Morgan fingerprint density at radius 2 is 1.46 bits per heavy atom. The maximum atomic E-state index is 13.6. The van der Waals surface area contributed by atoms with Gasteiger partial charge < -0.3 is 4.90 Å². The summed E-state index contributed by atoms with van der Waals surface area (Å²) < 4.78 is 13.4. The summed E-state index contributed by atoms with van der Waals surface area (Å²) in [6.07, 6.45) is 0. The molecule has 1 amide bonds. The Labute approximate surface area is 169 Å². The third kappa shape index (κ3) is 3.88. The van der Waals surface area contributed by atoms with Crippen LogP contribution < -0.4 is 0 Å². The number of aryl methyl sites for hydroxylation is 1. The van der Waals surface area contributed by atoms with E-state index in [1.54, 1.807) is 0 Å². The number of benzene rings is 3. The largest absolute Gasteiger partial charge is 0.334 e. The lowest BCUT2D eigenvalue weighted by Crippen LogP contribution is -2.42. The Morgan fingerprint density at radius 3 is 2.07 bits per heavy atom. The lowest BCUT2D eigenvalue weighted by molar-refractivity contribution is 0.0642. The van der Waals surface area contributed by atoms with Crippen molar-refractivity contribution in [1.29, 1.82) is 0 Å². The van der Waals surface area contributed by atoms with Gasteiger partial charge in [-0.15, -0.1) is 0 Å². The molecule has 0 N–H and O–H groups in total. The fraction of sp³-hybridized carbons (Fsp3) is 0.292. The predicted octanol–water partition coefficient (Wildman–Crippen LogP) is 5.57. The van der Waals surface area contributed by atoms with Gasteiger partial charge in [-0.2, -0.15) is 0 Å². The highest BCUT2D eigenvalue weighted by atomic mass is 32.2. The first-order chi connectivity index (χ1) is 13.3. The highest BCUT2D eigenvalue weighted by molar-refractivity contribution is 7.85. The molecule has 0 saturated heterocycles. The van der Waals surface area contributed by atoms with Gasteiger partial charge in [0, 0.05) is 17.0 Å². The van der Waals surface area contributed by atoms with Crippen LogP contribution in [0.3, 0.4) is 0 Å². The van der Waals surface area contributed by atoms with Crippen LogP contribution in [0.4, 0.5) is 0 Å². The highest BCUT2D eigenvalue weighted by Gasteiger charge is 2.27. The Kier molecular flexibility index (Phi) is 5.99. The minimum atomic E-state index is -1.43. The molecule has 3 aromatic carbocycles. The first kappa shape index (κ1) is 20.3. The first-order valence-corrected chi connectivity index (χ1v) is 10.8. The van der Waals surface area contributed by atoms with Crippen LogP contribution in [0.1, 0.15) is 43.6 Å². The average Bonchev–Trinajstić information content (AvgIpc) is 2.66. The summed E-state index contributed by atoms with van der Waals surface area (Å²) >= 11 is 0. The van der Waals surface area contributed by atoms with Crippen LogP contribution in [0.2, 0.25) is 0 Å². The van der Waals surface area contributed by atoms with Crippen LogP contribution in [0, 0.1) is 6.92 Å². The highest BCUT2D eigenvalue weighted by Crippen LogP contribution is 2.30. The maximum Gasteiger partial charge on any atom is 0.256 e. The molecule has 0 bridgehead atoms. The van der Waals surface area contributed by atoms with Crippen molar-refractivity contribution in [2.24, 2.45) is 0 Å². The van der Waals surface area contributed by atoms with E-state index in [0.29, 0.717) is 15.4 Å². The van der Waals surface area contributed by atoms with E-state index >= 15 is 0 Å². The Hall–Kier alpha value is -2.46. The standard InChI is InChI=1S/C24H27NO2S/c1-16(2)25(17(3)4)24(26)23-21-9-7-6-8-19(21)12-15-22(23)28(27)20-13-10-18(5)11-14-20/h6-17H,1-5H3/t28-/m0/s1. The smallest absolute Gasteiger partial charge is 0.256 e. The number of rotatable bonds is 5. The van der Waals surface area contributed by atoms with E-state index in [1.165, 1.54) is 0 Å². The lowest BCUT2D eigenvalue weighted by atomic mass is 10.0. The second-order valence-electron chi connectivity index (χ2n) is 7.64. The zero-order valence-electron chi connectivity index (χ0n) is 17.1. The molecule has 28 heavy (non-hydrogen) atoms. The minimum Gasteiger partial charge on any atom is -0.334 e. The number of hydrogen-bond acceptors (Lipinski definition) is 2. The lowest BCUT2D eigenvalue weighted by Gasteiger charge is -2.32. The van der Waals surface area contributed by atoms with E-state index in [1.807, 2.05) is 100 Å². The van der Waals surface area contributed by atoms with Crippen LogP contribution in [-0.2, 0) is 10.8 Å². The Morgan fingerprint density at radius 1 is 0.857 bits per heavy atom. The van der Waals surface area contributed by atoms with Gasteiger partial charge in [0.15, 0.2) is 0 Å². The van der Waals surface area contributed by atoms with Crippen molar-refractivity contribution in [3.8, 4) is 0 Å². The minimum absolute atomic E-state index is 0.0483. The summed E-state index contributed by atoms with van der Waals surface area (Å²) in [5.74, 6) is -0.0720. The van der Waals surface area contributed by atoms with Gasteiger partial charge in [0.05, 0.1) is 21.3 Å². The molecule has 1 atom stereocenters. The molecule has 0 saturated carbocycles. The van der Waals surface area contributed by atoms with Crippen molar-refractivity contribution in [1.82, 2.24) is 4.90 Å². The van der Waals surface area contributed by atoms with Crippen LogP contribution in [0.5, 0.6) is 0 Å². The average molecular weight is 394 g/mol. The second-order valence-corrected chi connectivity index (χ2v) is 9.09. The predicted molar refractivity (Wildman–Crippen MR) is 116 cm³/mol. The molecule has 4 heteroatoms. The quantitative estimate of drug-likeness (QED) is 0.568. The van der Waals surface area contributed by atoms with Crippen molar-refractivity contribution in [3.05, 3.63) is 71.8 Å². The summed E-state index contributed by atoms with van der Waals surface area (Å²) in [7, 11) is -1.43. The van der Waals surface area contributed by atoms with Gasteiger partial charge >= 0.3 is 0 Å². The van der Waals surface area contributed by atoms with E-state index in [4.69, 9.17) is 0 Å². The van der Waals surface area contributed by atoms with Gasteiger partial charge in [0.25, 0.3) is 5.91 Å². The Bertz CT molecular complexity index is 1010. The number of amides is 1. The monoisotopic (exact) mass is 393 g/mol. The zero-order chi connectivity index (χ0) is 20.4. The van der Waals surface area contributed by atoms with E-state index in [-0.39, 0.29) is 18.0 Å². The molecule has 0 aliphatic carbocycles. The van der Waals surface area contributed by atoms with Crippen LogP contribution >= 0.6 is 0 Å². The van der Waals surface area contributed by atoms with E-state index in [9.17, 15) is 9.00 Å². The molecule has 0 aliphatic rings. The summed E-state index contributed by atoms with van der Waals surface area (Å²) in [6.45, 7) is 10.1. The number of carbonyl (C=O) groups is 1. The Balaban J connectivity index is 2.23. The SMILES string of the molecule is Cc1ccc([S@](=O)c2ccc3ccccc3c2C(=O)N(C(C)C)C(C)C)cc1. The molecular weight excluding hydrogens is 366 g/mol. The third-order valence-electron chi connectivity index (χ3n) is 4.89. The van der Waals surface area contributed by atoms with Gasteiger partial charge in [-0.1, -0.05) is 48.0 Å². The van der Waals surface area contributed by atoms with Gasteiger partial charge in [-0.3, -0.25) is 4.79 Å². The molecule has 146 valence electrons. The number of nitrogens with zero attached hydrogens (tertiary/aromatic N) is 1. The summed E-state index contributed by atoms with van der Waals surface area (Å²) in [4.78, 5) is 16.8. The van der Waals surface area contributed by atoms with Gasteiger partial charge in [0.2, 0.25) is 0 Å². The van der Waals surface area contributed by atoms with Crippen LogP contribution in [-0.4, -0.2) is 27.1 Å². The van der Waals surface area contributed by atoms with Crippen molar-refractivity contribution in [2.75, 3.05) is 0 Å². The molecular formula is C24H27NO2S. The van der Waals surface area contributed by atoms with Crippen molar-refractivity contribution in [2.45, 2.75) is 56.5 Å². The van der Waals surface area contributed by atoms with Crippen LogP contribution in [0.25, 0.3) is 10.8 Å². The van der Waals surface area contributed by atoms with E-state index in [2.05, 4.69) is 0 Å². The molecule has 0 fully saturated rings. The molecule has 0 aromatic heterocycles. The van der Waals surface area contributed by atoms with Gasteiger partial charge in [-0.05, 0) is 63.6 Å². The second kappa shape index (κ2) is 8.27. The first-order valence-electron chi connectivity index (χ1n) is 9.64. The molecule has 3 rings (SSSR count). The molecule has 3 aromatic rings. The van der Waals surface area contributed by atoms with Gasteiger partial charge in [-0.25, -0.2) is 4.21 Å². The fourth-order valence-corrected chi connectivity index (χ4v) is 4.82. The molecule has 3 nitrogen and oxygen atoms in total.